The van der Waals surface area contributed by atoms with Gasteiger partial charge in [-0.15, -0.1) is 0 Å². The van der Waals surface area contributed by atoms with Crippen molar-refractivity contribution in [3.8, 4) is 11.5 Å². The fraction of sp³-hybridized carbons (Fsp3) is 0.200. The van der Waals surface area contributed by atoms with Crippen molar-refractivity contribution in [1.82, 2.24) is 0 Å². The molecule has 0 spiro atoms. The van der Waals surface area contributed by atoms with Crippen LogP contribution in [0.15, 0.2) is 48.5 Å². The molecule has 0 radical (unpaired) electrons. The molecular weight excluding hydrogens is 226 g/mol. The number of ether oxygens (including phenoxy) is 2. The quantitative estimate of drug-likeness (QED) is 0.820. The second-order valence-corrected chi connectivity index (χ2v) is 3.93. The fourth-order valence-electron chi connectivity index (χ4n) is 1.58. The predicted octanol–water partition coefficient (Wildman–Crippen LogP) is 3.25. The summed E-state index contributed by atoms with van der Waals surface area (Å²) in [7, 11) is 0. The highest BCUT2D eigenvalue weighted by molar-refractivity contribution is 5.39. The fourth-order valence-corrected chi connectivity index (χ4v) is 1.58. The van der Waals surface area contributed by atoms with Gasteiger partial charge in [0.15, 0.2) is 0 Å². The zero-order valence-corrected chi connectivity index (χ0v) is 10.4. The SMILES string of the molecule is CCOc1ccc(OCc2ccc(N)cc2)cc1. The minimum absolute atomic E-state index is 0.536. The number of nitrogen functional groups attached to an aromatic ring is 1. The molecule has 0 amide bonds. The molecule has 0 atom stereocenters. The van der Waals surface area contributed by atoms with Crippen molar-refractivity contribution in [2.24, 2.45) is 0 Å². The highest BCUT2D eigenvalue weighted by Gasteiger charge is 1.97. The number of hydrogen-bond acceptors (Lipinski definition) is 3. The van der Waals surface area contributed by atoms with Crippen LogP contribution in [0.25, 0.3) is 0 Å². The summed E-state index contributed by atoms with van der Waals surface area (Å²) in [5, 5.41) is 0. The molecule has 0 fully saturated rings. The molecule has 0 bridgehead atoms. The number of anilines is 1. The molecule has 0 saturated heterocycles. The summed E-state index contributed by atoms with van der Waals surface area (Å²) in [5.41, 5.74) is 7.48. The molecular formula is C15H17NO2. The highest BCUT2D eigenvalue weighted by Crippen LogP contribution is 2.18. The summed E-state index contributed by atoms with van der Waals surface area (Å²) in [6, 6.07) is 15.3. The van der Waals surface area contributed by atoms with E-state index < -0.39 is 0 Å². The van der Waals surface area contributed by atoms with E-state index in [-0.39, 0.29) is 0 Å². The third-order valence-corrected chi connectivity index (χ3v) is 2.52. The Bertz CT molecular complexity index is 477. The molecule has 18 heavy (non-hydrogen) atoms. The topological polar surface area (TPSA) is 44.5 Å². The standard InChI is InChI=1S/C15H17NO2/c1-2-17-14-7-9-15(10-8-14)18-11-12-3-5-13(16)6-4-12/h3-10H,2,11,16H2,1H3. The van der Waals surface area contributed by atoms with E-state index in [0.29, 0.717) is 13.2 Å². The number of hydrogen-bond donors (Lipinski definition) is 1. The first-order valence-corrected chi connectivity index (χ1v) is 5.98. The third kappa shape index (κ3) is 3.42. The molecule has 0 heterocycles. The summed E-state index contributed by atoms with van der Waals surface area (Å²) < 4.78 is 11.0. The summed E-state index contributed by atoms with van der Waals surface area (Å²) >= 11 is 0. The lowest BCUT2D eigenvalue weighted by atomic mass is 10.2. The van der Waals surface area contributed by atoms with E-state index in [9.17, 15) is 0 Å². The van der Waals surface area contributed by atoms with E-state index in [1.165, 1.54) is 0 Å². The number of nitrogens with two attached hydrogens (primary N) is 1. The van der Waals surface area contributed by atoms with Crippen LogP contribution in [0.4, 0.5) is 5.69 Å². The Morgan fingerprint density at radius 1 is 0.833 bits per heavy atom. The molecule has 0 aromatic heterocycles. The van der Waals surface area contributed by atoms with Gasteiger partial charge in [-0.3, -0.25) is 0 Å². The monoisotopic (exact) mass is 243 g/mol. The van der Waals surface area contributed by atoms with Crippen molar-refractivity contribution in [3.05, 3.63) is 54.1 Å². The Balaban J connectivity index is 1.91. The van der Waals surface area contributed by atoms with Gasteiger partial charge in [-0.1, -0.05) is 12.1 Å². The van der Waals surface area contributed by atoms with Crippen LogP contribution in [-0.4, -0.2) is 6.61 Å². The van der Waals surface area contributed by atoms with Gasteiger partial charge in [0.25, 0.3) is 0 Å². The second-order valence-electron chi connectivity index (χ2n) is 3.93. The summed E-state index contributed by atoms with van der Waals surface area (Å²) in [6.07, 6.45) is 0. The largest absolute Gasteiger partial charge is 0.494 e. The average Bonchev–Trinajstić information content (AvgIpc) is 2.40. The lowest BCUT2D eigenvalue weighted by molar-refractivity contribution is 0.304. The Labute approximate surface area is 107 Å². The molecule has 3 heteroatoms. The summed E-state index contributed by atoms with van der Waals surface area (Å²) in [4.78, 5) is 0. The van der Waals surface area contributed by atoms with Gasteiger partial charge in [-0.05, 0) is 48.9 Å². The normalized spacial score (nSPS) is 10.1. The van der Waals surface area contributed by atoms with Crippen molar-refractivity contribution < 1.29 is 9.47 Å². The first-order chi connectivity index (χ1) is 8.78. The summed E-state index contributed by atoms with van der Waals surface area (Å²) in [5.74, 6) is 1.69. The highest BCUT2D eigenvalue weighted by atomic mass is 16.5. The third-order valence-electron chi connectivity index (χ3n) is 2.52. The van der Waals surface area contributed by atoms with Crippen LogP contribution in [-0.2, 0) is 6.61 Å². The lowest BCUT2D eigenvalue weighted by Crippen LogP contribution is -1.96. The zero-order chi connectivity index (χ0) is 12.8. The molecule has 0 aliphatic rings. The Kier molecular flexibility index (Phi) is 4.07. The Hall–Kier alpha value is -2.16. The van der Waals surface area contributed by atoms with Crippen LogP contribution in [0.5, 0.6) is 11.5 Å². The van der Waals surface area contributed by atoms with Crippen molar-refractivity contribution in [2.45, 2.75) is 13.5 Å². The van der Waals surface area contributed by atoms with Gasteiger partial charge in [-0.2, -0.15) is 0 Å². The van der Waals surface area contributed by atoms with Crippen molar-refractivity contribution in [1.29, 1.82) is 0 Å². The zero-order valence-electron chi connectivity index (χ0n) is 10.4. The molecule has 2 rings (SSSR count). The predicted molar refractivity (Wildman–Crippen MR) is 72.8 cm³/mol. The average molecular weight is 243 g/mol. The van der Waals surface area contributed by atoms with Gasteiger partial charge in [0.2, 0.25) is 0 Å². The van der Waals surface area contributed by atoms with E-state index in [1.807, 2.05) is 55.5 Å². The maximum absolute atomic E-state index is 5.67. The number of benzene rings is 2. The van der Waals surface area contributed by atoms with E-state index in [0.717, 1.165) is 22.7 Å². The van der Waals surface area contributed by atoms with E-state index in [1.54, 1.807) is 0 Å². The van der Waals surface area contributed by atoms with Crippen LogP contribution in [0.1, 0.15) is 12.5 Å². The molecule has 2 aromatic carbocycles. The van der Waals surface area contributed by atoms with Crippen LogP contribution in [0, 0.1) is 0 Å². The minimum atomic E-state index is 0.536. The van der Waals surface area contributed by atoms with Crippen molar-refractivity contribution in [2.75, 3.05) is 12.3 Å². The molecule has 0 aliphatic carbocycles. The van der Waals surface area contributed by atoms with Gasteiger partial charge in [-0.25, -0.2) is 0 Å². The molecule has 0 aliphatic heterocycles. The minimum Gasteiger partial charge on any atom is -0.494 e. The van der Waals surface area contributed by atoms with E-state index >= 15 is 0 Å². The van der Waals surface area contributed by atoms with Gasteiger partial charge in [0.05, 0.1) is 6.61 Å². The molecule has 2 aromatic rings. The first-order valence-electron chi connectivity index (χ1n) is 5.98. The molecule has 3 nitrogen and oxygen atoms in total. The molecule has 0 unspecified atom stereocenters. The number of rotatable bonds is 5. The van der Waals surface area contributed by atoms with E-state index in [2.05, 4.69) is 0 Å². The van der Waals surface area contributed by atoms with Crippen molar-refractivity contribution >= 4 is 5.69 Å². The van der Waals surface area contributed by atoms with Crippen LogP contribution in [0.2, 0.25) is 0 Å². The molecule has 2 N–H and O–H groups in total. The van der Waals surface area contributed by atoms with Crippen LogP contribution < -0.4 is 15.2 Å². The first kappa shape index (κ1) is 12.3. The lowest BCUT2D eigenvalue weighted by Gasteiger charge is -2.08. The second kappa shape index (κ2) is 5.96. The van der Waals surface area contributed by atoms with Gasteiger partial charge in [0.1, 0.15) is 18.1 Å². The van der Waals surface area contributed by atoms with Crippen LogP contribution in [0.3, 0.4) is 0 Å². The van der Waals surface area contributed by atoms with Crippen LogP contribution >= 0.6 is 0 Å². The molecule has 0 saturated carbocycles. The smallest absolute Gasteiger partial charge is 0.120 e. The van der Waals surface area contributed by atoms with Gasteiger partial charge < -0.3 is 15.2 Å². The molecule has 94 valence electrons. The maximum atomic E-state index is 5.67. The maximum Gasteiger partial charge on any atom is 0.120 e. The van der Waals surface area contributed by atoms with Crippen molar-refractivity contribution in [3.63, 3.8) is 0 Å². The summed E-state index contributed by atoms with van der Waals surface area (Å²) in [6.45, 7) is 3.17. The van der Waals surface area contributed by atoms with E-state index in [4.69, 9.17) is 15.2 Å². The Morgan fingerprint density at radius 2 is 1.39 bits per heavy atom. The van der Waals surface area contributed by atoms with Gasteiger partial charge in [0, 0.05) is 5.69 Å². The van der Waals surface area contributed by atoms with Gasteiger partial charge >= 0.3 is 0 Å². The Morgan fingerprint density at radius 3 is 1.94 bits per heavy atom.